The molecule has 11 heteroatoms. The molecule has 9 nitrogen and oxygen atoms in total. The van der Waals surface area contributed by atoms with Crippen LogP contribution in [0.3, 0.4) is 0 Å². The van der Waals surface area contributed by atoms with E-state index >= 15 is 0 Å². The zero-order valence-electron chi connectivity index (χ0n) is 26.4. The van der Waals surface area contributed by atoms with E-state index in [1.807, 2.05) is 41.5 Å². The van der Waals surface area contributed by atoms with Crippen molar-refractivity contribution >= 4 is 22.1 Å². The van der Waals surface area contributed by atoms with Gasteiger partial charge < -0.3 is 23.5 Å². The first-order valence-corrected chi connectivity index (χ1v) is 15.9. The molecule has 0 aliphatic heterocycles. The molecule has 0 saturated carbocycles. The molecule has 3 unspecified atom stereocenters. The average Bonchev–Trinajstić information content (AvgIpc) is 2.88. The quantitative estimate of drug-likeness (QED) is 0.119. The van der Waals surface area contributed by atoms with E-state index in [4.69, 9.17) is 18.9 Å². The minimum Gasteiger partial charge on any atom is -0.747 e. The molecule has 0 N–H and O–H groups in total. The summed E-state index contributed by atoms with van der Waals surface area (Å²) in [4.78, 5) is 24.1. The van der Waals surface area contributed by atoms with Crippen LogP contribution in [0.1, 0.15) is 113 Å². The summed E-state index contributed by atoms with van der Waals surface area (Å²) in [7, 11) is -5.01. The SMILES string of the molecule is CCCCC(CC)COC(=O)CC(C(=O)OCC(CC)CCCC)S(=O)(=O)[O-].CCOCC.CCOCC.[Na+]. The van der Waals surface area contributed by atoms with Crippen molar-refractivity contribution < 1.29 is 71.1 Å². The van der Waals surface area contributed by atoms with Gasteiger partial charge in [0.25, 0.3) is 0 Å². The Morgan fingerprint density at radius 3 is 1.36 bits per heavy atom. The van der Waals surface area contributed by atoms with Gasteiger partial charge in [0, 0.05) is 26.4 Å². The van der Waals surface area contributed by atoms with Crippen molar-refractivity contribution in [3.63, 3.8) is 0 Å². The molecule has 0 rings (SSSR count). The molecule has 0 aliphatic rings. The summed E-state index contributed by atoms with van der Waals surface area (Å²) < 4.78 is 54.2. The summed E-state index contributed by atoms with van der Waals surface area (Å²) in [5.74, 6) is -1.74. The van der Waals surface area contributed by atoms with E-state index in [0.29, 0.717) is 0 Å². The van der Waals surface area contributed by atoms with Gasteiger partial charge in [0.1, 0.15) is 10.1 Å². The zero-order chi connectivity index (χ0) is 29.8. The summed E-state index contributed by atoms with van der Waals surface area (Å²) in [6.45, 7) is 19.6. The van der Waals surface area contributed by atoms with Gasteiger partial charge in [-0.1, -0.05) is 66.2 Å². The summed E-state index contributed by atoms with van der Waals surface area (Å²) >= 11 is 0. The molecule has 39 heavy (non-hydrogen) atoms. The maximum atomic E-state index is 12.1. The standard InChI is InChI=1S/C20H38O7S.2C4H10O.Na/c1-5-9-11-16(7-3)14-26-19(21)13-18(28(23,24)25)20(22)27-15-17(8-4)12-10-6-2;2*1-3-5-4-2;/h16-18H,5-15H2,1-4H3,(H,23,24,25);2*3-4H2,1-2H3;/q;;;+1/p-1. The molecular weight excluding hydrogens is 535 g/mol. The van der Waals surface area contributed by atoms with Crippen molar-refractivity contribution in [2.24, 2.45) is 11.8 Å². The molecule has 230 valence electrons. The van der Waals surface area contributed by atoms with Crippen LogP contribution in [0.5, 0.6) is 0 Å². The molecule has 0 aromatic heterocycles. The fraction of sp³-hybridized carbons (Fsp3) is 0.929. The summed E-state index contributed by atoms with van der Waals surface area (Å²) in [5, 5.41) is -2.06. The van der Waals surface area contributed by atoms with E-state index in [2.05, 4.69) is 13.8 Å². The molecule has 0 aromatic rings. The first-order chi connectivity index (χ1) is 18.0. The second-order valence-corrected chi connectivity index (χ2v) is 10.4. The Hall–Kier alpha value is -0.230. The van der Waals surface area contributed by atoms with E-state index in [1.165, 1.54) is 0 Å². The van der Waals surface area contributed by atoms with Crippen LogP contribution in [0.25, 0.3) is 0 Å². The van der Waals surface area contributed by atoms with E-state index in [1.54, 1.807) is 0 Å². The predicted octanol–water partition coefficient (Wildman–Crippen LogP) is 2.90. The third kappa shape index (κ3) is 30.6. The Morgan fingerprint density at radius 1 is 0.692 bits per heavy atom. The van der Waals surface area contributed by atoms with Gasteiger partial charge in [-0.2, -0.15) is 0 Å². The minimum absolute atomic E-state index is 0. The predicted molar refractivity (Wildman–Crippen MR) is 151 cm³/mol. The van der Waals surface area contributed by atoms with Gasteiger partial charge in [0.2, 0.25) is 0 Å². The maximum absolute atomic E-state index is 12.1. The molecule has 0 fully saturated rings. The molecular formula is C28H57NaO9S. The number of hydrogen-bond acceptors (Lipinski definition) is 9. The summed E-state index contributed by atoms with van der Waals surface area (Å²) in [6.07, 6.45) is 6.58. The van der Waals surface area contributed by atoms with Crippen LogP contribution in [-0.2, 0) is 38.7 Å². The average molecular weight is 593 g/mol. The van der Waals surface area contributed by atoms with Gasteiger partial charge in [-0.15, -0.1) is 0 Å². The Morgan fingerprint density at radius 2 is 1.08 bits per heavy atom. The third-order valence-electron chi connectivity index (χ3n) is 5.81. The van der Waals surface area contributed by atoms with Gasteiger partial charge in [0.05, 0.1) is 19.6 Å². The number of rotatable bonds is 20. The van der Waals surface area contributed by atoms with Crippen molar-refractivity contribution in [2.45, 2.75) is 118 Å². The third-order valence-corrected chi connectivity index (χ3v) is 6.86. The first-order valence-electron chi connectivity index (χ1n) is 14.4. The van der Waals surface area contributed by atoms with Crippen LogP contribution in [0.15, 0.2) is 0 Å². The van der Waals surface area contributed by atoms with Crippen molar-refractivity contribution in [1.82, 2.24) is 0 Å². The molecule has 0 amide bonds. The van der Waals surface area contributed by atoms with E-state index < -0.39 is 33.7 Å². The van der Waals surface area contributed by atoms with Crippen LogP contribution < -0.4 is 29.6 Å². The van der Waals surface area contributed by atoms with Crippen LogP contribution in [0.2, 0.25) is 0 Å². The summed E-state index contributed by atoms with van der Waals surface area (Å²) in [5.41, 5.74) is 0. The van der Waals surface area contributed by atoms with Crippen LogP contribution in [-0.4, -0.2) is 69.8 Å². The van der Waals surface area contributed by atoms with Crippen molar-refractivity contribution in [3.8, 4) is 0 Å². The van der Waals surface area contributed by atoms with E-state index in [-0.39, 0.29) is 54.6 Å². The Bertz CT molecular complexity index is 635. The Labute approximate surface area is 261 Å². The number of carbonyl (C=O) groups excluding carboxylic acids is 2. The number of esters is 2. The zero-order valence-corrected chi connectivity index (χ0v) is 29.2. The molecule has 0 spiro atoms. The van der Waals surface area contributed by atoms with E-state index in [9.17, 15) is 22.6 Å². The number of unbranched alkanes of at least 4 members (excludes halogenated alkanes) is 2. The van der Waals surface area contributed by atoms with E-state index in [0.717, 1.165) is 77.8 Å². The topological polar surface area (TPSA) is 128 Å². The molecule has 0 radical (unpaired) electrons. The smallest absolute Gasteiger partial charge is 0.747 e. The second kappa shape index (κ2) is 32.3. The molecule has 0 saturated heterocycles. The molecule has 0 aromatic carbocycles. The van der Waals surface area contributed by atoms with Crippen molar-refractivity contribution in [2.75, 3.05) is 39.6 Å². The number of ether oxygens (including phenoxy) is 4. The maximum Gasteiger partial charge on any atom is 1.00 e. The molecule has 0 aliphatic carbocycles. The van der Waals surface area contributed by atoms with Crippen LogP contribution in [0.4, 0.5) is 0 Å². The fourth-order valence-corrected chi connectivity index (χ4v) is 3.87. The molecule has 0 bridgehead atoms. The fourth-order valence-electron chi connectivity index (χ4n) is 3.22. The van der Waals surface area contributed by atoms with Crippen LogP contribution >= 0.6 is 0 Å². The monoisotopic (exact) mass is 592 g/mol. The number of hydrogen-bond donors (Lipinski definition) is 0. The largest absolute Gasteiger partial charge is 1.00 e. The van der Waals surface area contributed by atoms with Gasteiger partial charge in [0.15, 0.2) is 5.25 Å². The number of carbonyl (C=O) groups is 2. The minimum atomic E-state index is -5.01. The Balaban J connectivity index is -0.000000471. The van der Waals surface area contributed by atoms with Crippen molar-refractivity contribution in [3.05, 3.63) is 0 Å². The molecule has 3 atom stereocenters. The molecule has 0 heterocycles. The van der Waals surface area contributed by atoms with Crippen molar-refractivity contribution in [1.29, 1.82) is 0 Å². The van der Waals surface area contributed by atoms with Gasteiger partial charge >= 0.3 is 41.5 Å². The normalized spacial score (nSPS) is 12.8. The second-order valence-electron chi connectivity index (χ2n) is 8.89. The van der Waals surface area contributed by atoms with Gasteiger partial charge in [-0.25, -0.2) is 8.42 Å². The first kappa shape index (κ1) is 45.7. The van der Waals surface area contributed by atoms with Crippen LogP contribution in [0, 0.1) is 11.8 Å². The Kier molecular flexibility index (Phi) is 37.9. The van der Waals surface area contributed by atoms with Gasteiger partial charge in [-0.3, -0.25) is 9.59 Å². The summed E-state index contributed by atoms with van der Waals surface area (Å²) in [6, 6.07) is 0. The van der Waals surface area contributed by atoms with Gasteiger partial charge in [-0.05, 0) is 52.4 Å².